The van der Waals surface area contributed by atoms with Crippen molar-refractivity contribution in [2.45, 2.75) is 57.5 Å². The largest absolute Gasteiger partial charge is 0.451 e. The van der Waals surface area contributed by atoms with Crippen LogP contribution in [0.5, 0.6) is 0 Å². The summed E-state index contributed by atoms with van der Waals surface area (Å²) in [6.45, 7) is 2.30. The van der Waals surface area contributed by atoms with E-state index in [1.165, 1.54) is 4.88 Å². The average Bonchev–Trinajstić information content (AvgIpc) is 3.03. The summed E-state index contributed by atoms with van der Waals surface area (Å²) >= 11 is 1.69. The van der Waals surface area contributed by atoms with Gasteiger partial charge >= 0.3 is 5.97 Å². The predicted molar refractivity (Wildman–Crippen MR) is 90.3 cm³/mol. The summed E-state index contributed by atoms with van der Waals surface area (Å²) in [7, 11) is 0. The van der Waals surface area contributed by atoms with Crippen LogP contribution in [0.2, 0.25) is 0 Å². The molecule has 124 valence electrons. The van der Waals surface area contributed by atoms with Gasteiger partial charge in [0, 0.05) is 17.0 Å². The number of amides is 1. The van der Waals surface area contributed by atoms with Crippen molar-refractivity contribution in [3.8, 4) is 0 Å². The molecule has 1 aliphatic heterocycles. The molecule has 1 amide bonds. The fourth-order valence-corrected chi connectivity index (χ4v) is 4.33. The van der Waals surface area contributed by atoms with Crippen molar-refractivity contribution in [1.82, 2.24) is 5.32 Å². The van der Waals surface area contributed by atoms with E-state index in [0.717, 1.165) is 44.9 Å². The van der Waals surface area contributed by atoms with Crippen LogP contribution in [0.15, 0.2) is 28.7 Å². The van der Waals surface area contributed by atoms with E-state index in [-0.39, 0.29) is 11.9 Å². The summed E-state index contributed by atoms with van der Waals surface area (Å²) in [4.78, 5) is 26.0. The third kappa shape index (κ3) is 3.34. The quantitative estimate of drug-likeness (QED) is 0.860. The number of rotatable bonds is 4. The van der Waals surface area contributed by atoms with Gasteiger partial charge in [-0.3, -0.25) is 4.79 Å². The van der Waals surface area contributed by atoms with E-state index < -0.39 is 5.60 Å². The van der Waals surface area contributed by atoms with Crippen molar-refractivity contribution >= 4 is 23.2 Å². The lowest BCUT2D eigenvalue weighted by Gasteiger charge is -2.29. The number of thiophene rings is 1. The maximum absolute atomic E-state index is 12.7. The average molecular weight is 333 g/mol. The van der Waals surface area contributed by atoms with E-state index in [4.69, 9.17) is 4.74 Å². The van der Waals surface area contributed by atoms with Crippen molar-refractivity contribution in [1.29, 1.82) is 0 Å². The summed E-state index contributed by atoms with van der Waals surface area (Å²) in [5.74, 6) is -0.456. The minimum absolute atomic E-state index is 0.133. The lowest BCUT2D eigenvalue weighted by Crippen LogP contribution is -2.40. The van der Waals surface area contributed by atoms with Crippen LogP contribution >= 0.6 is 11.3 Å². The van der Waals surface area contributed by atoms with Gasteiger partial charge in [-0.2, -0.15) is 0 Å². The van der Waals surface area contributed by atoms with Crippen molar-refractivity contribution in [2.75, 3.05) is 6.54 Å². The van der Waals surface area contributed by atoms with Crippen LogP contribution in [0.4, 0.5) is 0 Å². The third-order valence-corrected chi connectivity index (χ3v) is 5.74. The van der Waals surface area contributed by atoms with Gasteiger partial charge in [-0.1, -0.05) is 18.9 Å². The fraction of sp³-hybridized carbons (Fsp3) is 0.556. The molecule has 3 rings (SSSR count). The van der Waals surface area contributed by atoms with E-state index in [1.807, 2.05) is 11.4 Å². The molecule has 1 N–H and O–H groups in total. The van der Waals surface area contributed by atoms with Gasteiger partial charge < -0.3 is 10.1 Å². The Bertz CT molecular complexity index is 610. The monoisotopic (exact) mass is 333 g/mol. The highest BCUT2D eigenvalue weighted by Crippen LogP contribution is 2.42. The number of carbonyl (C=O) groups excluding carboxylic acids is 2. The van der Waals surface area contributed by atoms with Gasteiger partial charge in [0.05, 0.1) is 5.57 Å². The van der Waals surface area contributed by atoms with Crippen LogP contribution in [0.25, 0.3) is 0 Å². The zero-order valence-corrected chi connectivity index (χ0v) is 14.3. The van der Waals surface area contributed by atoms with Crippen molar-refractivity contribution in [2.24, 2.45) is 0 Å². The molecule has 0 unspecified atom stereocenters. The third-order valence-electron chi connectivity index (χ3n) is 4.80. The van der Waals surface area contributed by atoms with Crippen LogP contribution in [0.3, 0.4) is 0 Å². The summed E-state index contributed by atoms with van der Waals surface area (Å²) in [6, 6.07) is 4.08. The van der Waals surface area contributed by atoms with Gasteiger partial charge in [0.25, 0.3) is 5.91 Å². The molecule has 1 aliphatic carbocycles. The standard InChI is InChI=1S/C18H23NO3S/c1-13-15(16(20)19-11-8-14-7-6-12-23-14)18(22-17(13)21)9-4-2-3-5-10-18/h6-7,12H,2-5,8-11H2,1H3,(H,19,20). The Labute approximate surface area is 140 Å². The number of carbonyl (C=O) groups is 2. The number of esters is 1. The number of nitrogens with one attached hydrogen (secondary N) is 1. The minimum Gasteiger partial charge on any atom is -0.451 e. The molecule has 2 aliphatic rings. The molecule has 0 atom stereocenters. The van der Waals surface area contributed by atoms with Crippen LogP contribution < -0.4 is 5.32 Å². The second-order valence-electron chi connectivity index (χ2n) is 6.38. The van der Waals surface area contributed by atoms with Crippen LogP contribution in [-0.2, 0) is 20.7 Å². The molecule has 1 aromatic rings. The maximum Gasteiger partial charge on any atom is 0.335 e. The Morgan fingerprint density at radius 3 is 2.70 bits per heavy atom. The second kappa shape index (κ2) is 6.87. The molecule has 1 saturated carbocycles. The molecule has 0 radical (unpaired) electrons. The van der Waals surface area contributed by atoms with Gasteiger partial charge in [-0.25, -0.2) is 4.79 Å². The molecule has 1 aromatic heterocycles. The topological polar surface area (TPSA) is 55.4 Å². The van der Waals surface area contributed by atoms with Crippen molar-refractivity contribution in [3.05, 3.63) is 33.5 Å². The lowest BCUT2D eigenvalue weighted by molar-refractivity contribution is -0.148. The molecular formula is C18H23NO3S. The van der Waals surface area contributed by atoms with Gasteiger partial charge in [-0.15, -0.1) is 11.3 Å². The first-order valence-corrected chi connectivity index (χ1v) is 9.26. The zero-order chi connectivity index (χ0) is 16.3. The van der Waals surface area contributed by atoms with Gasteiger partial charge in [0.15, 0.2) is 0 Å². The SMILES string of the molecule is CC1=C(C(=O)NCCc2cccs2)C2(CCCCCC2)OC1=O. The Morgan fingerprint density at radius 1 is 1.30 bits per heavy atom. The molecule has 4 nitrogen and oxygen atoms in total. The van der Waals surface area contributed by atoms with Gasteiger partial charge in [0.2, 0.25) is 0 Å². The Kier molecular flexibility index (Phi) is 4.85. The molecular weight excluding hydrogens is 310 g/mol. The Hall–Kier alpha value is -1.62. The molecule has 2 heterocycles. The van der Waals surface area contributed by atoms with Gasteiger partial charge in [-0.05, 0) is 50.5 Å². The van der Waals surface area contributed by atoms with Crippen LogP contribution in [0, 0.1) is 0 Å². The summed E-state index contributed by atoms with van der Waals surface area (Å²) in [5, 5.41) is 5.02. The summed E-state index contributed by atoms with van der Waals surface area (Å²) in [5.41, 5.74) is 0.390. The Balaban J connectivity index is 1.71. The predicted octanol–water partition coefficient (Wildman–Crippen LogP) is 3.37. The fourth-order valence-electron chi connectivity index (χ4n) is 3.62. The minimum atomic E-state index is -0.676. The first-order valence-electron chi connectivity index (χ1n) is 8.38. The molecule has 1 spiro atoms. The lowest BCUT2D eigenvalue weighted by atomic mass is 9.84. The normalized spacial score (nSPS) is 20.5. The maximum atomic E-state index is 12.7. The van der Waals surface area contributed by atoms with Crippen molar-refractivity contribution in [3.63, 3.8) is 0 Å². The van der Waals surface area contributed by atoms with E-state index >= 15 is 0 Å². The smallest absolute Gasteiger partial charge is 0.335 e. The second-order valence-corrected chi connectivity index (χ2v) is 7.42. The van der Waals surface area contributed by atoms with E-state index in [2.05, 4.69) is 11.4 Å². The highest BCUT2D eigenvalue weighted by atomic mass is 32.1. The summed E-state index contributed by atoms with van der Waals surface area (Å²) in [6.07, 6.45) is 6.65. The number of hydrogen-bond donors (Lipinski definition) is 1. The first kappa shape index (κ1) is 16.2. The molecule has 5 heteroatoms. The van der Waals surface area contributed by atoms with Crippen molar-refractivity contribution < 1.29 is 14.3 Å². The van der Waals surface area contributed by atoms with Crippen LogP contribution in [-0.4, -0.2) is 24.0 Å². The highest BCUT2D eigenvalue weighted by molar-refractivity contribution is 7.09. The zero-order valence-electron chi connectivity index (χ0n) is 13.5. The number of hydrogen-bond acceptors (Lipinski definition) is 4. The number of ether oxygens (including phenoxy) is 1. The Morgan fingerprint density at radius 2 is 2.04 bits per heavy atom. The van der Waals surface area contributed by atoms with E-state index in [1.54, 1.807) is 18.3 Å². The van der Waals surface area contributed by atoms with Crippen LogP contribution in [0.1, 0.15) is 50.3 Å². The summed E-state index contributed by atoms with van der Waals surface area (Å²) < 4.78 is 5.70. The van der Waals surface area contributed by atoms with E-state index in [0.29, 0.717) is 17.7 Å². The molecule has 23 heavy (non-hydrogen) atoms. The molecule has 0 bridgehead atoms. The molecule has 0 saturated heterocycles. The van der Waals surface area contributed by atoms with Gasteiger partial charge in [0.1, 0.15) is 5.60 Å². The molecule has 1 fully saturated rings. The van der Waals surface area contributed by atoms with E-state index in [9.17, 15) is 9.59 Å². The molecule has 0 aromatic carbocycles. The first-order chi connectivity index (χ1) is 11.1. The highest BCUT2D eigenvalue weighted by Gasteiger charge is 2.48.